The Labute approximate surface area is 262 Å². The minimum absolute atomic E-state index is 0.121. The molecule has 4 fully saturated rings. The van der Waals surface area contributed by atoms with E-state index in [0.717, 1.165) is 12.5 Å². The standard InChI is InChI=1S/C27H34O8.C4H8O2.C2H4O2/c1-23-8-6-16(28)24(2,22(32)33-5)15(23)11-17(29)26(4)20(23)19(30)21(31)25(3)14(13-7-9-34-12-13)10-18-27(25,26)35-18;1-3(2)4(5)6;1-2(3)4/h6-9,12,14-15,17-21,29-31H,10-11H2,1-5H3;3H,1-2H3,(H,5,6);1H3,(H,3,4). The molecule has 1 aliphatic heterocycles. The maximum Gasteiger partial charge on any atom is 0.319 e. The van der Waals surface area contributed by atoms with E-state index in [1.807, 2.05) is 26.8 Å². The Morgan fingerprint density at radius 3 is 2.09 bits per heavy atom. The van der Waals surface area contributed by atoms with Crippen LogP contribution in [0.4, 0.5) is 0 Å². The lowest BCUT2D eigenvalue weighted by Crippen LogP contribution is -2.77. The first-order chi connectivity index (χ1) is 20.7. The molecule has 12 unspecified atom stereocenters. The predicted molar refractivity (Wildman–Crippen MR) is 158 cm³/mol. The zero-order valence-electron chi connectivity index (χ0n) is 27.0. The van der Waals surface area contributed by atoms with Gasteiger partial charge in [0, 0.05) is 29.6 Å². The van der Waals surface area contributed by atoms with E-state index in [4.69, 9.17) is 28.9 Å². The predicted octanol–water partition coefficient (Wildman–Crippen LogP) is 2.79. The molecule has 0 amide bonds. The van der Waals surface area contributed by atoms with Crippen LogP contribution >= 0.6 is 0 Å². The molecule has 12 nitrogen and oxygen atoms in total. The van der Waals surface area contributed by atoms with E-state index in [0.29, 0.717) is 6.42 Å². The monoisotopic (exact) mass is 634 g/mol. The summed E-state index contributed by atoms with van der Waals surface area (Å²) >= 11 is 0. The van der Waals surface area contributed by atoms with Crippen molar-refractivity contribution in [1.29, 1.82) is 0 Å². The Balaban J connectivity index is 0.000000403. The van der Waals surface area contributed by atoms with Crippen LogP contribution in [-0.2, 0) is 28.7 Å². The Bertz CT molecular complexity index is 1370. The highest BCUT2D eigenvalue weighted by molar-refractivity contribution is 6.10. The van der Waals surface area contributed by atoms with Crippen molar-refractivity contribution in [2.45, 2.75) is 97.2 Å². The van der Waals surface area contributed by atoms with Gasteiger partial charge in [-0.2, -0.15) is 0 Å². The molecule has 12 heteroatoms. The van der Waals surface area contributed by atoms with Gasteiger partial charge in [-0.25, -0.2) is 0 Å². The van der Waals surface area contributed by atoms with Crippen molar-refractivity contribution in [3.8, 4) is 0 Å². The fraction of sp³-hybridized carbons (Fsp3) is 0.697. The number of hydrogen-bond acceptors (Lipinski definition) is 10. The van der Waals surface area contributed by atoms with Gasteiger partial charge in [0.05, 0.1) is 50.0 Å². The van der Waals surface area contributed by atoms with Crippen molar-refractivity contribution in [1.82, 2.24) is 0 Å². The van der Waals surface area contributed by atoms with Gasteiger partial charge in [0.1, 0.15) is 11.0 Å². The maximum absolute atomic E-state index is 13.1. The Morgan fingerprint density at radius 1 is 1.02 bits per heavy atom. The summed E-state index contributed by atoms with van der Waals surface area (Å²) in [5.74, 6) is -4.26. The first-order valence-corrected chi connectivity index (χ1v) is 15.2. The first-order valence-electron chi connectivity index (χ1n) is 15.2. The van der Waals surface area contributed by atoms with Gasteiger partial charge in [-0.05, 0) is 48.8 Å². The fourth-order valence-electron chi connectivity index (χ4n) is 9.69. The van der Waals surface area contributed by atoms with Gasteiger partial charge in [0.15, 0.2) is 5.78 Å². The molecule has 0 bridgehead atoms. The average molecular weight is 635 g/mol. The molecule has 0 radical (unpaired) electrons. The minimum atomic E-state index is -1.51. The van der Waals surface area contributed by atoms with Crippen molar-refractivity contribution < 1.29 is 58.6 Å². The summed E-state index contributed by atoms with van der Waals surface area (Å²) in [6.45, 7) is 11.8. The van der Waals surface area contributed by atoms with Crippen molar-refractivity contribution >= 4 is 23.7 Å². The number of aliphatic hydroxyl groups excluding tert-OH is 3. The largest absolute Gasteiger partial charge is 0.481 e. The summed E-state index contributed by atoms with van der Waals surface area (Å²) in [5.41, 5.74) is -4.16. The number of allylic oxidation sites excluding steroid dienone is 2. The second-order valence-corrected chi connectivity index (χ2v) is 14.2. The third-order valence-corrected chi connectivity index (χ3v) is 11.8. The smallest absolute Gasteiger partial charge is 0.319 e. The molecule has 0 aromatic carbocycles. The van der Waals surface area contributed by atoms with Gasteiger partial charge in [0.2, 0.25) is 0 Å². The van der Waals surface area contributed by atoms with Crippen LogP contribution in [0, 0.1) is 39.4 Å². The molecule has 4 aliphatic carbocycles. The summed E-state index contributed by atoms with van der Waals surface area (Å²) < 4.78 is 16.9. The molecular formula is C33H46O12. The minimum Gasteiger partial charge on any atom is -0.481 e. The molecule has 5 aliphatic rings. The lowest BCUT2D eigenvalue weighted by Gasteiger charge is -2.69. The van der Waals surface area contributed by atoms with Crippen LogP contribution in [0.3, 0.4) is 0 Å². The molecule has 6 rings (SSSR count). The number of carbonyl (C=O) groups is 4. The molecule has 250 valence electrons. The number of methoxy groups -OCH3 is 1. The van der Waals surface area contributed by atoms with Gasteiger partial charge >= 0.3 is 11.9 Å². The number of aliphatic hydroxyl groups is 3. The van der Waals surface area contributed by atoms with E-state index < -0.39 is 75.3 Å². The number of furan rings is 1. The third-order valence-electron chi connectivity index (χ3n) is 11.8. The highest BCUT2D eigenvalue weighted by Crippen LogP contribution is 2.82. The fourth-order valence-corrected chi connectivity index (χ4v) is 9.69. The number of epoxide rings is 1. The maximum atomic E-state index is 13.1. The van der Waals surface area contributed by atoms with E-state index in [-0.39, 0.29) is 30.1 Å². The van der Waals surface area contributed by atoms with E-state index in [9.17, 15) is 29.7 Å². The van der Waals surface area contributed by atoms with Crippen LogP contribution in [0.25, 0.3) is 0 Å². The number of carboxylic acid groups (broad SMARTS) is 2. The Hall–Kier alpha value is -3.06. The zero-order chi connectivity index (χ0) is 34.1. The number of hydrogen-bond donors (Lipinski definition) is 5. The number of aliphatic carboxylic acids is 2. The quantitative estimate of drug-likeness (QED) is 0.185. The van der Waals surface area contributed by atoms with Crippen molar-refractivity contribution in [2.24, 2.45) is 39.4 Å². The van der Waals surface area contributed by atoms with Gasteiger partial charge < -0.3 is 39.4 Å². The molecule has 1 aromatic heterocycles. The van der Waals surface area contributed by atoms with Gasteiger partial charge in [0.25, 0.3) is 5.97 Å². The molecule has 45 heavy (non-hydrogen) atoms. The van der Waals surface area contributed by atoms with Gasteiger partial charge in [-0.3, -0.25) is 19.2 Å². The summed E-state index contributed by atoms with van der Waals surface area (Å²) in [5, 5.41) is 51.0. The lowest BCUT2D eigenvalue weighted by molar-refractivity contribution is -0.288. The molecule has 2 heterocycles. The van der Waals surface area contributed by atoms with E-state index in [2.05, 4.69) is 0 Å². The SMILES string of the molecule is CC(=O)O.CC(C)C(=O)O.COC(=O)C1(C)C(=O)C=CC2(C)C1CC(O)C1(C)C2C(O)C(O)C2(C)C(c3ccoc3)CC3OC321. The number of ether oxygens (including phenoxy) is 2. The molecule has 1 spiro atoms. The molecule has 1 saturated heterocycles. The number of fused-ring (bicyclic) bond motifs is 3. The lowest BCUT2D eigenvalue weighted by atomic mass is 9.35. The highest BCUT2D eigenvalue weighted by Gasteiger charge is 2.90. The summed E-state index contributed by atoms with van der Waals surface area (Å²) in [7, 11) is 1.25. The normalized spacial score (nSPS) is 45.3. The first kappa shape index (κ1) is 34.8. The summed E-state index contributed by atoms with van der Waals surface area (Å²) in [6.07, 6.45) is 3.70. The second-order valence-electron chi connectivity index (χ2n) is 14.2. The number of carbonyl (C=O) groups excluding carboxylic acids is 2. The number of rotatable bonds is 3. The molecule has 3 saturated carbocycles. The average Bonchev–Trinajstić information content (AvgIpc) is 3.32. The van der Waals surface area contributed by atoms with E-state index >= 15 is 0 Å². The van der Waals surface area contributed by atoms with E-state index in [1.165, 1.54) is 13.2 Å². The molecule has 12 atom stereocenters. The highest BCUT2D eigenvalue weighted by atomic mass is 16.6. The topological polar surface area (TPSA) is 204 Å². The van der Waals surface area contributed by atoms with Crippen LogP contribution < -0.4 is 0 Å². The second kappa shape index (κ2) is 11.3. The van der Waals surface area contributed by atoms with Gasteiger partial charge in [-0.1, -0.05) is 40.7 Å². The van der Waals surface area contributed by atoms with Gasteiger partial charge in [-0.15, -0.1) is 0 Å². The van der Waals surface area contributed by atoms with Crippen LogP contribution in [0.1, 0.15) is 72.8 Å². The number of ketones is 1. The van der Waals surface area contributed by atoms with Crippen LogP contribution in [-0.4, -0.2) is 86.4 Å². The van der Waals surface area contributed by atoms with Crippen molar-refractivity contribution in [3.05, 3.63) is 36.3 Å². The third kappa shape index (κ3) is 4.54. The summed E-state index contributed by atoms with van der Waals surface area (Å²) in [4.78, 5) is 44.7. The van der Waals surface area contributed by atoms with Crippen molar-refractivity contribution in [3.63, 3.8) is 0 Å². The number of carboxylic acids is 2. The Morgan fingerprint density at radius 2 is 1.60 bits per heavy atom. The number of esters is 1. The van der Waals surface area contributed by atoms with E-state index in [1.54, 1.807) is 39.4 Å². The van der Waals surface area contributed by atoms with Crippen molar-refractivity contribution in [2.75, 3.05) is 7.11 Å². The summed E-state index contributed by atoms with van der Waals surface area (Å²) in [6, 6.07) is 1.88. The molecular weight excluding hydrogens is 588 g/mol. The Kier molecular flexibility index (Phi) is 8.76. The van der Waals surface area contributed by atoms with Crippen LogP contribution in [0.15, 0.2) is 35.2 Å². The van der Waals surface area contributed by atoms with Crippen LogP contribution in [0.2, 0.25) is 0 Å². The zero-order valence-corrected chi connectivity index (χ0v) is 27.0. The van der Waals surface area contributed by atoms with Crippen LogP contribution in [0.5, 0.6) is 0 Å². The molecule has 5 N–H and O–H groups in total. The molecule has 1 aromatic rings.